The molecule has 0 atom stereocenters. The number of rotatable bonds is 3. The van der Waals surface area contributed by atoms with Crippen molar-refractivity contribution in [1.29, 1.82) is 0 Å². The lowest BCUT2D eigenvalue weighted by Gasteiger charge is -2.20. The fourth-order valence-electron chi connectivity index (χ4n) is 1.29. The fourth-order valence-corrected chi connectivity index (χ4v) is 1.46. The summed E-state index contributed by atoms with van der Waals surface area (Å²) in [5.74, 6) is 0. The zero-order valence-corrected chi connectivity index (χ0v) is 11.7. The molecule has 19 heavy (non-hydrogen) atoms. The minimum absolute atomic E-state index is 0.191. The second kappa shape index (κ2) is 6.31. The topological polar surface area (TPSA) is 87.1 Å². The van der Waals surface area contributed by atoms with Gasteiger partial charge in [-0.15, -0.1) is 0 Å². The van der Waals surface area contributed by atoms with Gasteiger partial charge in [-0.1, -0.05) is 22.8 Å². The average molecular weight is 283 g/mol. The summed E-state index contributed by atoms with van der Waals surface area (Å²) >= 11 is 5.97. The second-order valence-electron chi connectivity index (χ2n) is 4.83. The van der Waals surface area contributed by atoms with Crippen molar-refractivity contribution in [2.75, 3.05) is 5.32 Å². The minimum Gasteiger partial charge on any atom is -0.444 e. The third-order valence-corrected chi connectivity index (χ3v) is 2.31. The summed E-state index contributed by atoms with van der Waals surface area (Å²) in [5, 5.41) is 6.39. The van der Waals surface area contributed by atoms with Gasteiger partial charge in [0.1, 0.15) is 5.60 Å². The molecule has 0 bridgehead atoms. The highest BCUT2D eigenvalue weighted by Gasteiger charge is 2.17. The molecule has 0 spiro atoms. The maximum Gasteiger partial charge on any atom is 0.412 e. The Labute approximate surface area is 116 Å². The van der Waals surface area contributed by atoms with Crippen LogP contribution in [0.5, 0.6) is 0 Å². The van der Waals surface area contributed by atoms with Gasteiger partial charge < -0.3 is 4.74 Å². The smallest absolute Gasteiger partial charge is 0.412 e. The Balaban J connectivity index is 2.82. The Bertz CT molecular complexity index is 519. The Morgan fingerprint density at radius 1 is 1.53 bits per heavy atom. The van der Waals surface area contributed by atoms with Gasteiger partial charge >= 0.3 is 6.09 Å². The number of anilines is 1. The molecule has 0 saturated heterocycles. The van der Waals surface area contributed by atoms with E-state index in [1.165, 1.54) is 0 Å². The van der Waals surface area contributed by atoms with E-state index in [0.29, 0.717) is 10.7 Å². The standard InChI is InChI=1S/C12H15ClN4O2/c1-12(2,3)19-11(18)16-10-6-8(7-15-17-14)4-5-9(10)13/h4-6H,7H2,1-3H3,(H,16,18). The number of nitrogens with zero attached hydrogens (tertiary/aromatic N) is 3. The van der Waals surface area contributed by atoms with Crippen molar-refractivity contribution >= 4 is 23.4 Å². The van der Waals surface area contributed by atoms with Crippen LogP contribution in [0.1, 0.15) is 26.3 Å². The summed E-state index contributed by atoms with van der Waals surface area (Å²) < 4.78 is 5.13. The van der Waals surface area contributed by atoms with Gasteiger partial charge in [-0.05, 0) is 44.0 Å². The van der Waals surface area contributed by atoms with Gasteiger partial charge in [-0.25, -0.2) is 4.79 Å². The molecule has 0 heterocycles. The van der Waals surface area contributed by atoms with Crippen LogP contribution in [-0.4, -0.2) is 11.7 Å². The van der Waals surface area contributed by atoms with Crippen LogP contribution in [0.3, 0.4) is 0 Å². The molecule has 102 valence electrons. The van der Waals surface area contributed by atoms with Gasteiger partial charge in [-0.3, -0.25) is 5.32 Å². The highest BCUT2D eigenvalue weighted by Crippen LogP contribution is 2.24. The molecule has 0 saturated carbocycles. The van der Waals surface area contributed by atoms with E-state index in [0.717, 1.165) is 5.56 Å². The molecule has 0 unspecified atom stereocenters. The van der Waals surface area contributed by atoms with Crippen molar-refractivity contribution in [3.8, 4) is 0 Å². The lowest BCUT2D eigenvalue weighted by atomic mass is 10.2. The van der Waals surface area contributed by atoms with Crippen LogP contribution in [0.25, 0.3) is 10.4 Å². The van der Waals surface area contributed by atoms with E-state index in [4.69, 9.17) is 21.9 Å². The zero-order chi connectivity index (χ0) is 14.5. The summed E-state index contributed by atoms with van der Waals surface area (Å²) in [4.78, 5) is 14.3. The number of hydrogen-bond donors (Lipinski definition) is 1. The summed E-state index contributed by atoms with van der Waals surface area (Å²) in [7, 11) is 0. The number of nitrogens with one attached hydrogen (secondary N) is 1. The Morgan fingerprint density at radius 3 is 2.79 bits per heavy atom. The highest BCUT2D eigenvalue weighted by atomic mass is 35.5. The van der Waals surface area contributed by atoms with Crippen molar-refractivity contribution in [1.82, 2.24) is 0 Å². The van der Waals surface area contributed by atoms with E-state index in [-0.39, 0.29) is 6.54 Å². The third-order valence-electron chi connectivity index (χ3n) is 1.98. The molecule has 0 aliphatic rings. The molecule has 7 heteroatoms. The Hall–Kier alpha value is -1.91. The number of azide groups is 1. The quantitative estimate of drug-likeness (QED) is 0.503. The highest BCUT2D eigenvalue weighted by molar-refractivity contribution is 6.33. The summed E-state index contributed by atoms with van der Waals surface area (Å²) in [6, 6.07) is 4.98. The first-order valence-corrected chi connectivity index (χ1v) is 5.99. The molecular formula is C12H15ClN4O2. The molecule has 0 aliphatic carbocycles. The van der Waals surface area contributed by atoms with Crippen LogP contribution in [0, 0.1) is 0 Å². The first kappa shape index (κ1) is 15.1. The van der Waals surface area contributed by atoms with Crippen LogP contribution < -0.4 is 5.32 Å². The van der Waals surface area contributed by atoms with Crippen molar-refractivity contribution < 1.29 is 9.53 Å². The van der Waals surface area contributed by atoms with Crippen LogP contribution in [0.15, 0.2) is 23.3 Å². The van der Waals surface area contributed by atoms with Crippen LogP contribution in [-0.2, 0) is 11.3 Å². The molecule has 0 aromatic heterocycles. The third kappa shape index (κ3) is 5.50. The number of amides is 1. The Morgan fingerprint density at radius 2 is 2.21 bits per heavy atom. The number of hydrogen-bond acceptors (Lipinski definition) is 3. The van der Waals surface area contributed by atoms with Crippen LogP contribution in [0.4, 0.5) is 10.5 Å². The van der Waals surface area contributed by atoms with Gasteiger partial charge in [0.25, 0.3) is 0 Å². The van der Waals surface area contributed by atoms with Crippen molar-refractivity contribution in [2.24, 2.45) is 5.11 Å². The van der Waals surface area contributed by atoms with E-state index in [1.54, 1.807) is 39.0 Å². The maximum atomic E-state index is 11.6. The second-order valence-corrected chi connectivity index (χ2v) is 5.24. The van der Waals surface area contributed by atoms with Crippen molar-refractivity contribution in [2.45, 2.75) is 32.9 Å². The first-order chi connectivity index (χ1) is 8.81. The molecule has 0 radical (unpaired) electrons. The number of carbonyl (C=O) groups is 1. The lowest BCUT2D eigenvalue weighted by molar-refractivity contribution is 0.0636. The molecule has 0 aliphatic heterocycles. The summed E-state index contributed by atoms with van der Waals surface area (Å²) in [5.41, 5.74) is 8.84. The van der Waals surface area contributed by atoms with E-state index in [9.17, 15) is 4.79 Å². The summed E-state index contributed by atoms with van der Waals surface area (Å²) in [6.45, 7) is 5.50. The van der Waals surface area contributed by atoms with Crippen LogP contribution >= 0.6 is 11.6 Å². The van der Waals surface area contributed by atoms with Gasteiger partial charge in [0.15, 0.2) is 0 Å². The van der Waals surface area contributed by atoms with Gasteiger partial charge in [0.2, 0.25) is 0 Å². The molecule has 1 aromatic carbocycles. The van der Waals surface area contributed by atoms with Crippen molar-refractivity contribution in [3.05, 3.63) is 39.2 Å². The van der Waals surface area contributed by atoms with E-state index in [2.05, 4.69) is 15.3 Å². The molecule has 0 fully saturated rings. The molecule has 1 aromatic rings. The molecule has 6 nitrogen and oxygen atoms in total. The number of ether oxygens (including phenoxy) is 1. The van der Waals surface area contributed by atoms with Gasteiger partial charge in [0, 0.05) is 4.91 Å². The number of halogens is 1. The van der Waals surface area contributed by atoms with E-state index < -0.39 is 11.7 Å². The lowest BCUT2D eigenvalue weighted by Crippen LogP contribution is -2.27. The minimum atomic E-state index is -0.588. The van der Waals surface area contributed by atoms with Gasteiger partial charge in [-0.2, -0.15) is 0 Å². The summed E-state index contributed by atoms with van der Waals surface area (Å²) in [6.07, 6.45) is -0.588. The van der Waals surface area contributed by atoms with Crippen molar-refractivity contribution in [3.63, 3.8) is 0 Å². The normalized spacial score (nSPS) is 10.5. The van der Waals surface area contributed by atoms with E-state index in [1.807, 2.05) is 0 Å². The first-order valence-electron chi connectivity index (χ1n) is 5.61. The molecule has 1 rings (SSSR count). The predicted molar refractivity (Wildman–Crippen MR) is 74.2 cm³/mol. The SMILES string of the molecule is CC(C)(C)OC(=O)Nc1cc(CN=[N+]=[N-])ccc1Cl. The number of carbonyl (C=O) groups excluding carboxylic acids is 1. The largest absolute Gasteiger partial charge is 0.444 e. The fraction of sp³-hybridized carbons (Fsp3) is 0.417. The predicted octanol–water partition coefficient (Wildman–Crippen LogP) is 4.50. The zero-order valence-electron chi connectivity index (χ0n) is 11.0. The van der Waals surface area contributed by atoms with E-state index >= 15 is 0 Å². The van der Waals surface area contributed by atoms with Crippen LogP contribution in [0.2, 0.25) is 5.02 Å². The Kier molecular flexibility index (Phi) is 5.03. The maximum absolute atomic E-state index is 11.6. The molecule has 1 N–H and O–H groups in total. The number of benzene rings is 1. The molecular weight excluding hydrogens is 268 g/mol. The monoisotopic (exact) mass is 282 g/mol. The molecule has 1 amide bonds. The van der Waals surface area contributed by atoms with Gasteiger partial charge in [0.05, 0.1) is 17.3 Å². The average Bonchev–Trinajstić information content (AvgIpc) is 2.27.